The molecule has 170 valence electrons. The maximum absolute atomic E-state index is 13.7. The minimum absolute atomic E-state index is 0.145. The van der Waals surface area contributed by atoms with Gasteiger partial charge in [-0.25, -0.2) is 4.98 Å². The highest BCUT2D eigenvalue weighted by Gasteiger charge is 2.27. The summed E-state index contributed by atoms with van der Waals surface area (Å²) < 4.78 is 3.08. The molecule has 1 aromatic carbocycles. The molecule has 0 bridgehead atoms. The first-order valence-electron chi connectivity index (χ1n) is 11.8. The molecule has 33 heavy (non-hydrogen) atoms. The summed E-state index contributed by atoms with van der Waals surface area (Å²) in [5, 5.41) is 3.94. The van der Waals surface area contributed by atoms with E-state index in [0.29, 0.717) is 34.5 Å². The molecular formula is C25H27N5O2S. The second-order valence-corrected chi connectivity index (χ2v) is 9.93. The molecule has 0 spiro atoms. The first-order valence-corrected chi connectivity index (χ1v) is 12.7. The van der Waals surface area contributed by atoms with E-state index in [0.717, 1.165) is 67.9 Å². The average molecular weight is 462 g/mol. The van der Waals surface area contributed by atoms with Gasteiger partial charge >= 0.3 is 0 Å². The zero-order valence-corrected chi connectivity index (χ0v) is 19.4. The Kier molecular flexibility index (Phi) is 5.27. The Hall–Kier alpha value is -2.97. The number of nitrogens with zero attached hydrogens (tertiary/aromatic N) is 4. The summed E-state index contributed by atoms with van der Waals surface area (Å²) in [7, 11) is 0. The summed E-state index contributed by atoms with van der Waals surface area (Å²) in [4.78, 5) is 37.2. The summed E-state index contributed by atoms with van der Waals surface area (Å²) in [5.41, 5.74) is 1.71. The lowest BCUT2D eigenvalue weighted by Crippen LogP contribution is -2.38. The number of carbonyl (C=O) groups is 1. The Morgan fingerprint density at radius 2 is 1.79 bits per heavy atom. The van der Waals surface area contributed by atoms with Crippen molar-refractivity contribution in [1.29, 1.82) is 0 Å². The van der Waals surface area contributed by atoms with E-state index in [2.05, 4.69) is 10.2 Å². The molecule has 2 aliphatic heterocycles. The van der Waals surface area contributed by atoms with E-state index in [9.17, 15) is 9.59 Å². The molecule has 0 saturated carbocycles. The highest BCUT2D eigenvalue weighted by molar-refractivity contribution is 7.24. The van der Waals surface area contributed by atoms with Gasteiger partial charge in [0.25, 0.3) is 5.91 Å². The maximum Gasteiger partial charge on any atom is 0.260 e. The minimum atomic E-state index is -0.205. The lowest BCUT2D eigenvalue weighted by molar-refractivity contribution is 0.0725. The molecule has 3 aromatic heterocycles. The number of thiazole rings is 1. The fraction of sp³-hybridized carbons (Fsp3) is 0.400. The molecule has 0 unspecified atom stereocenters. The van der Waals surface area contributed by atoms with Crippen LogP contribution in [0, 0.1) is 0 Å². The van der Waals surface area contributed by atoms with Crippen LogP contribution in [0.25, 0.3) is 26.1 Å². The van der Waals surface area contributed by atoms with Crippen LogP contribution in [0.2, 0.25) is 0 Å². The molecule has 7 nitrogen and oxygen atoms in total. The number of fused-ring (bicyclic) bond motifs is 5. The van der Waals surface area contributed by atoms with E-state index in [1.54, 1.807) is 0 Å². The van der Waals surface area contributed by atoms with Crippen LogP contribution in [0.4, 0.5) is 5.82 Å². The van der Waals surface area contributed by atoms with Crippen molar-refractivity contribution in [2.45, 2.75) is 25.7 Å². The van der Waals surface area contributed by atoms with Crippen LogP contribution in [0.1, 0.15) is 36.0 Å². The number of rotatable bonds is 2. The van der Waals surface area contributed by atoms with Crippen LogP contribution in [0.5, 0.6) is 0 Å². The van der Waals surface area contributed by atoms with Crippen LogP contribution in [-0.4, -0.2) is 59.5 Å². The molecule has 0 radical (unpaired) electrons. The Morgan fingerprint density at radius 1 is 0.939 bits per heavy atom. The summed E-state index contributed by atoms with van der Waals surface area (Å²) in [5.74, 6) is 0.734. The van der Waals surface area contributed by atoms with Gasteiger partial charge in [0.15, 0.2) is 5.65 Å². The number of anilines is 1. The molecule has 2 fully saturated rings. The Labute approximate surface area is 195 Å². The van der Waals surface area contributed by atoms with Crippen molar-refractivity contribution in [3.8, 4) is 0 Å². The van der Waals surface area contributed by atoms with Gasteiger partial charge in [-0.1, -0.05) is 12.1 Å². The second kappa shape index (κ2) is 8.43. The van der Waals surface area contributed by atoms with E-state index in [1.165, 1.54) is 11.3 Å². The predicted molar refractivity (Wildman–Crippen MR) is 134 cm³/mol. The van der Waals surface area contributed by atoms with Crippen molar-refractivity contribution in [1.82, 2.24) is 19.6 Å². The molecule has 0 atom stereocenters. The van der Waals surface area contributed by atoms with Gasteiger partial charge in [0.2, 0.25) is 5.43 Å². The number of nitrogens with one attached hydrogen (secondary N) is 1. The van der Waals surface area contributed by atoms with Crippen LogP contribution in [-0.2, 0) is 0 Å². The van der Waals surface area contributed by atoms with Crippen molar-refractivity contribution < 1.29 is 4.79 Å². The second-order valence-electron chi connectivity index (χ2n) is 8.90. The van der Waals surface area contributed by atoms with E-state index in [-0.39, 0.29) is 11.3 Å². The maximum atomic E-state index is 13.7. The summed E-state index contributed by atoms with van der Waals surface area (Å²) in [6.07, 6.45) is 4.18. The van der Waals surface area contributed by atoms with Gasteiger partial charge in [-0.2, -0.15) is 0 Å². The smallest absolute Gasteiger partial charge is 0.260 e. The number of amides is 1. The van der Waals surface area contributed by atoms with Crippen molar-refractivity contribution in [2.24, 2.45) is 0 Å². The third-order valence-electron chi connectivity index (χ3n) is 6.79. The fourth-order valence-corrected chi connectivity index (χ4v) is 6.25. The van der Waals surface area contributed by atoms with Gasteiger partial charge in [-0.05, 0) is 56.5 Å². The van der Waals surface area contributed by atoms with Crippen molar-refractivity contribution in [3.63, 3.8) is 0 Å². The van der Waals surface area contributed by atoms with E-state index in [4.69, 9.17) is 4.98 Å². The molecule has 1 amide bonds. The highest BCUT2D eigenvalue weighted by atomic mass is 32.1. The average Bonchev–Trinajstić information content (AvgIpc) is 3.03. The third kappa shape index (κ3) is 3.48. The van der Waals surface area contributed by atoms with E-state index >= 15 is 0 Å². The molecule has 1 N–H and O–H groups in total. The van der Waals surface area contributed by atoms with Crippen molar-refractivity contribution in [3.05, 3.63) is 52.2 Å². The quantitative estimate of drug-likeness (QED) is 0.495. The normalized spacial score (nSPS) is 17.7. The fourth-order valence-electron chi connectivity index (χ4n) is 5.07. The summed E-state index contributed by atoms with van der Waals surface area (Å²) in [6, 6.07) is 11.9. The number of aromatic nitrogens is 2. The van der Waals surface area contributed by atoms with Gasteiger partial charge in [0, 0.05) is 32.7 Å². The van der Waals surface area contributed by atoms with Crippen LogP contribution in [0.15, 0.2) is 41.2 Å². The van der Waals surface area contributed by atoms with Crippen LogP contribution >= 0.6 is 11.3 Å². The monoisotopic (exact) mass is 461 g/mol. The SMILES string of the molecule is O=C(c1c(=O)c2ccc(N3CCCNCC3)nc2n2c1sc1ccccc12)N1CCCCC1. The molecule has 6 rings (SSSR count). The summed E-state index contributed by atoms with van der Waals surface area (Å²) in [6.45, 7) is 5.16. The molecule has 2 saturated heterocycles. The predicted octanol–water partition coefficient (Wildman–Crippen LogP) is 3.49. The van der Waals surface area contributed by atoms with Gasteiger partial charge in [0.1, 0.15) is 16.2 Å². The zero-order chi connectivity index (χ0) is 22.4. The lowest BCUT2D eigenvalue weighted by Gasteiger charge is -2.27. The molecule has 5 heterocycles. The number of piperidine rings is 1. The Morgan fingerprint density at radius 3 is 2.67 bits per heavy atom. The number of para-hydroxylation sites is 1. The number of carbonyl (C=O) groups excluding carboxylic acids is 1. The third-order valence-corrected chi connectivity index (χ3v) is 7.94. The van der Waals surface area contributed by atoms with Gasteiger partial charge in [-0.15, -0.1) is 11.3 Å². The minimum Gasteiger partial charge on any atom is -0.355 e. The van der Waals surface area contributed by atoms with Gasteiger partial charge in [-0.3, -0.25) is 14.0 Å². The number of hydrogen-bond acceptors (Lipinski definition) is 6. The van der Waals surface area contributed by atoms with Crippen LogP contribution in [0.3, 0.4) is 0 Å². The molecule has 4 aromatic rings. The Balaban J connectivity index is 1.62. The largest absolute Gasteiger partial charge is 0.355 e. The van der Waals surface area contributed by atoms with Gasteiger partial charge < -0.3 is 15.1 Å². The number of pyridine rings is 2. The molecule has 8 heteroatoms. The van der Waals surface area contributed by atoms with E-state index < -0.39 is 0 Å². The number of likely N-dealkylation sites (tertiary alicyclic amines) is 1. The molecule has 2 aliphatic rings. The first kappa shape index (κ1) is 20.6. The van der Waals surface area contributed by atoms with Crippen molar-refractivity contribution >= 4 is 49.1 Å². The van der Waals surface area contributed by atoms with Crippen LogP contribution < -0.4 is 15.6 Å². The first-order chi connectivity index (χ1) is 16.2. The molecular weight excluding hydrogens is 434 g/mol. The highest BCUT2D eigenvalue weighted by Crippen LogP contribution is 2.32. The van der Waals surface area contributed by atoms with E-state index in [1.807, 2.05) is 45.7 Å². The van der Waals surface area contributed by atoms with Crippen molar-refractivity contribution in [2.75, 3.05) is 44.2 Å². The van der Waals surface area contributed by atoms with Gasteiger partial charge in [0.05, 0.1) is 15.6 Å². The Bertz CT molecular complexity index is 1410. The lowest BCUT2D eigenvalue weighted by atomic mass is 10.1. The topological polar surface area (TPSA) is 70.0 Å². The number of hydrogen-bond donors (Lipinski definition) is 1. The zero-order valence-electron chi connectivity index (χ0n) is 18.5. The standard InChI is InChI=1S/C25H27N5O2S/c31-22-17-9-10-20(28-15-6-11-26-12-16-28)27-23(17)30-18-7-2-3-8-19(18)33-25(30)21(22)24(32)29-13-4-1-5-14-29/h2-3,7-10,26H,1,4-6,11-16H2. The summed E-state index contributed by atoms with van der Waals surface area (Å²) >= 11 is 1.51. The number of benzene rings is 1. The molecule has 0 aliphatic carbocycles.